The van der Waals surface area contributed by atoms with Gasteiger partial charge in [0, 0.05) is 12.2 Å². The van der Waals surface area contributed by atoms with Crippen LogP contribution in [-0.4, -0.2) is 42.5 Å². The number of carbonyl (C=O) groups excluding carboxylic acids is 3. The van der Waals surface area contributed by atoms with E-state index in [0.29, 0.717) is 17.0 Å². The van der Waals surface area contributed by atoms with Gasteiger partial charge in [-0.3, -0.25) is 19.8 Å². The molecule has 2 aromatic carbocycles. The number of halogens is 2. The van der Waals surface area contributed by atoms with Gasteiger partial charge in [0.15, 0.2) is 5.17 Å². The predicted molar refractivity (Wildman–Crippen MR) is 124 cm³/mol. The molecule has 0 spiro atoms. The van der Waals surface area contributed by atoms with Crippen LogP contribution in [0.4, 0.5) is 19.3 Å². The van der Waals surface area contributed by atoms with E-state index in [2.05, 4.69) is 9.73 Å². The Labute approximate surface area is 197 Å². The van der Waals surface area contributed by atoms with E-state index in [1.54, 1.807) is 37.5 Å². The summed E-state index contributed by atoms with van der Waals surface area (Å²) in [5.41, 5.74) is 6.15. The molecule has 0 bridgehead atoms. The quantitative estimate of drug-likeness (QED) is 0.547. The summed E-state index contributed by atoms with van der Waals surface area (Å²) in [5.74, 6) is -0.221. The van der Waals surface area contributed by atoms with Gasteiger partial charge in [0.1, 0.15) is 17.2 Å². The lowest BCUT2D eigenvalue weighted by atomic mass is 10.2. The lowest BCUT2D eigenvalue weighted by molar-refractivity contribution is -0.119. The Morgan fingerprint density at radius 1 is 1.15 bits per heavy atom. The highest BCUT2D eigenvalue weighted by Crippen LogP contribution is 2.31. The maximum Gasteiger partial charge on any atom is 0.387 e. The first-order valence-corrected chi connectivity index (χ1v) is 10.8. The first kappa shape index (κ1) is 24.7. The van der Waals surface area contributed by atoms with Gasteiger partial charge in [-0.2, -0.15) is 8.78 Å². The van der Waals surface area contributed by atoms with E-state index in [9.17, 15) is 23.2 Å². The van der Waals surface area contributed by atoms with E-state index in [4.69, 9.17) is 10.5 Å². The Morgan fingerprint density at radius 3 is 2.38 bits per heavy atom. The lowest BCUT2D eigenvalue weighted by Crippen LogP contribution is -2.35. The van der Waals surface area contributed by atoms with Crippen LogP contribution < -0.4 is 25.4 Å². The molecule has 1 aliphatic rings. The topological polar surface area (TPSA) is 123 Å². The molecule has 0 aliphatic carbocycles. The fourth-order valence-corrected chi connectivity index (χ4v) is 3.84. The summed E-state index contributed by atoms with van der Waals surface area (Å²) in [4.78, 5) is 41.3. The van der Waals surface area contributed by atoms with Crippen molar-refractivity contribution in [2.45, 2.75) is 13.0 Å². The zero-order valence-electron chi connectivity index (χ0n) is 17.9. The van der Waals surface area contributed by atoms with Crippen molar-refractivity contribution in [1.29, 1.82) is 0 Å². The number of nitrogens with one attached hydrogen (secondary N) is 1. The summed E-state index contributed by atoms with van der Waals surface area (Å²) >= 11 is 1.11. The number of imide groups is 1. The Morgan fingerprint density at radius 2 is 1.79 bits per heavy atom. The van der Waals surface area contributed by atoms with Crippen LogP contribution in [0.15, 0.2) is 59.2 Å². The highest BCUT2D eigenvalue weighted by molar-refractivity contribution is 8.14. The number of nitrogens with two attached hydrogens (primary N) is 1. The van der Waals surface area contributed by atoms with Gasteiger partial charge >= 0.3 is 12.6 Å². The minimum atomic E-state index is -2.97. The van der Waals surface area contributed by atoms with E-state index < -0.39 is 24.5 Å². The smallest absolute Gasteiger partial charge is 0.387 e. The van der Waals surface area contributed by atoms with Crippen molar-refractivity contribution in [1.82, 2.24) is 5.32 Å². The lowest BCUT2D eigenvalue weighted by Gasteiger charge is -2.18. The third kappa shape index (κ3) is 6.54. The van der Waals surface area contributed by atoms with Crippen molar-refractivity contribution in [2.24, 2.45) is 10.7 Å². The van der Waals surface area contributed by atoms with Crippen molar-refractivity contribution >= 4 is 46.5 Å². The summed E-state index contributed by atoms with van der Waals surface area (Å²) in [7, 11) is 1.54. The molecule has 0 radical (unpaired) electrons. The van der Waals surface area contributed by atoms with Gasteiger partial charge in [0.2, 0.25) is 5.91 Å². The van der Waals surface area contributed by atoms with Gasteiger partial charge in [0.25, 0.3) is 5.91 Å². The Balaban J connectivity index is 1.84. The van der Waals surface area contributed by atoms with Gasteiger partial charge in [-0.1, -0.05) is 23.9 Å². The number of aliphatic imine (C=N–C) groups is 1. The van der Waals surface area contributed by atoms with Gasteiger partial charge in [-0.25, -0.2) is 9.79 Å². The number of methoxy groups -OCH3 is 1. The molecule has 3 N–H and O–H groups in total. The minimum absolute atomic E-state index is 0.0483. The number of hydrogen-bond acceptors (Lipinski definition) is 7. The largest absolute Gasteiger partial charge is 0.497 e. The number of nitrogens with zero attached hydrogens (tertiary/aromatic N) is 2. The molecule has 0 unspecified atom stereocenters. The van der Waals surface area contributed by atoms with Crippen LogP contribution in [0.3, 0.4) is 0 Å². The van der Waals surface area contributed by atoms with Gasteiger partial charge < -0.3 is 15.2 Å². The molecular formula is C22H20F2N4O5S. The highest BCUT2D eigenvalue weighted by atomic mass is 32.2. The standard InChI is InChI=1S/C22H20F2N4O5S/c1-32-15-6-2-13(3-7-15)12-17-19(30)28(14-4-8-16(9-5-14)33-20(23)24)22(26-17)34-11-10-18(29)27-21(25)31/h2-9,12,20H,10-11H2,1H3,(H3,25,27,29,31)/b17-12-. The fraction of sp³-hybridized carbons (Fsp3) is 0.182. The average Bonchev–Trinajstić information content (AvgIpc) is 3.09. The molecule has 34 heavy (non-hydrogen) atoms. The number of carbonyl (C=O) groups is 3. The second kappa shape index (κ2) is 11.3. The second-order valence-corrected chi connectivity index (χ2v) is 7.78. The average molecular weight is 490 g/mol. The molecule has 3 rings (SSSR count). The van der Waals surface area contributed by atoms with E-state index in [0.717, 1.165) is 11.8 Å². The third-order valence-corrected chi connectivity index (χ3v) is 5.33. The molecule has 178 valence electrons. The van der Waals surface area contributed by atoms with Crippen LogP contribution in [0.2, 0.25) is 0 Å². The number of primary amides is 1. The fourth-order valence-electron chi connectivity index (χ4n) is 2.89. The van der Waals surface area contributed by atoms with Crippen LogP contribution in [0.1, 0.15) is 12.0 Å². The molecular weight excluding hydrogens is 470 g/mol. The van der Waals surface area contributed by atoms with Crippen LogP contribution in [0.5, 0.6) is 11.5 Å². The molecule has 9 nitrogen and oxygen atoms in total. The molecule has 0 aromatic heterocycles. The number of ether oxygens (including phenoxy) is 2. The van der Waals surface area contributed by atoms with Crippen molar-refractivity contribution in [3.63, 3.8) is 0 Å². The Kier molecular flexibility index (Phi) is 8.19. The maximum atomic E-state index is 13.2. The van der Waals surface area contributed by atoms with Crippen molar-refractivity contribution < 1.29 is 32.6 Å². The van der Waals surface area contributed by atoms with Crippen molar-refractivity contribution in [2.75, 3.05) is 17.8 Å². The Bertz CT molecular complexity index is 1120. The van der Waals surface area contributed by atoms with Crippen LogP contribution in [-0.2, 0) is 9.59 Å². The Hall–Kier alpha value is -3.93. The summed E-state index contributed by atoms with van der Waals surface area (Å²) < 4.78 is 34.4. The number of alkyl halides is 2. The van der Waals surface area contributed by atoms with Crippen molar-refractivity contribution in [3.8, 4) is 11.5 Å². The van der Waals surface area contributed by atoms with E-state index >= 15 is 0 Å². The molecule has 2 aromatic rings. The zero-order valence-corrected chi connectivity index (χ0v) is 18.7. The number of benzene rings is 2. The number of hydrogen-bond donors (Lipinski definition) is 2. The molecule has 1 heterocycles. The summed E-state index contributed by atoms with van der Waals surface area (Å²) in [6.45, 7) is -2.97. The normalized spacial score (nSPS) is 14.4. The van der Waals surface area contributed by atoms with Gasteiger partial charge in [0.05, 0.1) is 12.8 Å². The number of anilines is 1. The number of urea groups is 1. The second-order valence-electron chi connectivity index (χ2n) is 6.72. The maximum absolute atomic E-state index is 13.2. The van der Waals surface area contributed by atoms with Crippen molar-refractivity contribution in [3.05, 3.63) is 59.8 Å². The number of thioether (sulfide) groups is 1. The molecule has 12 heteroatoms. The van der Waals surface area contributed by atoms with E-state index in [1.165, 1.54) is 29.2 Å². The SMILES string of the molecule is COc1ccc(/C=C2\N=C(SCCC(=O)NC(N)=O)N(c3ccc(OC(F)F)cc3)C2=O)cc1. The van der Waals surface area contributed by atoms with E-state index in [1.807, 2.05) is 5.32 Å². The number of rotatable bonds is 8. The third-order valence-electron chi connectivity index (χ3n) is 4.39. The molecule has 0 atom stereocenters. The van der Waals surface area contributed by atoms with Crippen LogP contribution in [0.25, 0.3) is 6.08 Å². The number of amides is 4. The highest BCUT2D eigenvalue weighted by Gasteiger charge is 2.32. The minimum Gasteiger partial charge on any atom is -0.497 e. The van der Waals surface area contributed by atoms with Gasteiger partial charge in [-0.15, -0.1) is 0 Å². The first-order chi connectivity index (χ1) is 16.3. The molecule has 0 saturated heterocycles. The molecule has 0 fully saturated rings. The number of amidine groups is 1. The summed E-state index contributed by atoms with van der Waals surface area (Å²) in [6, 6.07) is 11.5. The monoisotopic (exact) mass is 490 g/mol. The predicted octanol–water partition coefficient (Wildman–Crippen LogP) is 3.36. The molecule has 4 amide bonds. The van der Waals surface area contributed by atoms with E-state index in [-0.39, 0.29) is 28.8 Å². The van der Waals surface area contributed by atoms with Gasteiger partial charge in [-0.05, 0) is 48.0 Å². The summed E-state index contributed by atoms with van der Waals surface area (Å²) in [5, 5.41) is 2.24. The van der Waals surface area contributed by atoms with Crippen LogP contribution >= 0.6 is 11.8 Å². The molecule has 0 saturated carbocycles. The summed E-state index contributed by atoms with van der Waals surface area (Å²) in [6.07, 6.45) is 1.55. The zero-order chi connectivity index (χ0) is 24.7. The van der Waals surface area contributed by atoms with Crippen LogP contribution in [0, 0.1) is 0 Å². The molecule has 1 aliphatic heterocycles. The first-order valence-electron chi connectivity index (χ1n) is 9.82.